The van der Waals surface area contributed by atoms with Crippen molar-refractivity contribution in [3.05, 3.63) is 50.1 Å². The normalized spacial score (nSPS) is 12.4. The number of hydrogen-bond donors (Lipinski definition) is 2. The molecular weight excluding hydrogens is 324 g/mol. The van der Waals surface area contributed by atoms with E-state index in [9.17, 15) is 0 Å². The zero-order valence-electron chi connectivity index (χ0n) is 10.9. The second kappa shape index (κ2) is 6.52. The van der Waals surface area contributed by atoms with Crippen molar-refractivity contribution in [3.63, 3.8) is 0 Å². The number of rotatable bonds is 5. The molecular formula is C14H17BrN2OS. The average Bonchev–Trinajstić information content (AvgIpc) is 2.76. The first-order chi connectivity index (χ1) is 9.15. The molecule has 0 bridgehead atoms. The second-order valence-corrected chi connectivity index (χ2v) is 6.74. The van der Waals surface area contributed by atoms with Crippen molar-refractivity contribution in [2.45, 2.75) is 19.4 Å². The van der Waals surface area contributed by atoms with Crippen LogP contribution in [0.2, 0.25) is 0 Å². The van der Waals surface area contributed by atoms with Crippen LogP contribution in [-0.4, -0.2) is 7.11 Å². The van der Waals surface area contributed by atoms with Crippen LogP contribution in [0.5, 0.6) is 5.75 Å². The summed E-state index contributed by atoms with van der Waals surface area (Å²) in [6, 6.07) is 10.3. The Balaban J connectivity index is 2.23. The molecule has 3 nitrogen and oxygen atoms in total. The third-order valence-corrected chi connectivity index (χ3v) is 5.29. The Morgan fingerprint density at radius 1 is 1.42 bits per heavy atom. The number of hydrogen-bond acceptors (Lipinski definition) is 4. The first kappa shape index (κ1) is 14.5. The lowest BCUT2D eigenvalue weighted by Gasteiger charge is -2.16. The van der Waals surface area contributed by atoms with Crippen LogP contribution in [0.4, 0.5) is 0 Å². The Kier molecular flexibility index (Phi) is 4.99. The van der Waals surface area contributed by atoms with E-state index < -0.39 is 0 Å². The second-order valence-electron chi connectivity index (χ2n) is 4.34. The molecule has 0 aliphatic heterocycles. The molecule has 0 saturated heterocycles. The van der Waals surface area contributed by atoms with Gasteiger partial charge in [-0.1, -0.05) is 18.2 Å². The molecule has 5 heteroatoms. The van der Waals surface area contributed by atoms with E-state index >= 15 is 0 Å². The number of hydrazine groups is 1. The highest BCUT2D eigenvalue weighted by atomic mass is 79.9. The van der Waals surface area contributed by atoms with Gasteiger partial charge < -0.3 is 4.74 Å². The van der Waals surface area contributed by atoms with E-state index in [2.05, 4.69) is 40.4 Å². The van der Waals surface area contributed by atoms with E-state index in [0.717, 1.165) is 21.5 Å². The summed E-state index contributed by atoms with van der Waals surface area (Å²) in [5.74, 6) is 6.60. The highest BCUT2D eigenvalue weighted by Gasteiger charge is 2.16. The predicted molar refractivity (Wildman–Crippen MR) is 83.5 cm³/mol. The van der Waals surface area contributed by atoms with Crippen molar-refractivity contribution >= 4 is 27.3 Å². The maximum atomic E-state index is 5.70. The first-order valence-electron chi connectivity index (χ1n) is 5.99. The molecule has 2 rings (SSSR count). The number of ether oxygens (including phenoxy) is 1. The van der Waals surface area contributed by atoms with E-state index in [0.29, 0.717) is 0 Å². The summed E-state index contributed by atoms with van der Waals surface area (Å²) >= 11 is 5.27. The van der Waals surface area contributed by atoms with Crippen LogP contribution < -0.4 is 16.0 Å². The van der Waals surface area contributed by atoms with Gasteiger partial charge in [0.15, 0.2) is 0 Å². The maximum Gasteiger partial charge on any atom is 0.122 e. The lowest BCUT2D eigenvalue weighted by molar-refractivity contribution is 0.406. The molecule has 1 atom stereocenters. The quantitative estimate of drug-likeness (QED) is 0.646. The molecule has 0 aliphatic carbocycles. The number of halogens is 1. The van der Waals surface area contributed by atoms with Crippen LogP contribution in [0.3, 0.4) is 0 Å². The molecule has 1 unspecified atom stereocenters. The number of aryl methyl sites for hydroxylation is 1. The van der Waals surface area contributed by atoms with Crippen molar-refractivity contribution in [1.82, 2.24) is 5.43 Å². The van der Waals surface area contributed by atoms with Crippen molar-refractivity contribution in [2.24, 2.45) is 5.84 Å². The molecule has 0 aliphatic rings. The lowest BCUT2D eigenvalue weighted by Crippen LogP contribution is -2.29. The number of methoxy groups -OCH3 is 1. The Morgan fingerprint density at radius 2 is 2.16 bits per heavy atom. The van der Waals surface area contributed by atoms with Crippen LogP contribution in [0.1, 0.15) is 22.0 Å². The monoisotopic (exact) mass is 340 g/mol. The van der Waals surface area contributed by atoms with Gasteiger partial charge in [-0.15, -0.1) is 11.3 Å². The molecule has 0 fully saturated rings. The zero-order valence-corrected chi connectivity index (χ0v) is 13.3. The van der Waals surface area contributed by atoms with Crippen LogP contribution >= 0.6 is 27.3 Å². The Labute approximate surface area is 125 Å². The van der Waals surface area contributed by atoms with Crippen LogP contribution in [0.15, 0.2) is 34.1 Å². The summed E-state index contributed by atoms with van der Waals surface area (Å²) in [5, 5.41) is 0. The summed E-state index contributed by atoms with van der Waals surface area (Å²) in [6.45, 7) is 2.08. The third kappa shape index (κ3) is 3.36. The standard InChI is InChI=1S/C14H17BrN2OS/c1-9-7-13(19-14(9)15)11(17-16)8-10-5-3-4-6-12(10)18-2/h3-7,11,17H,8,16H2,1-2H3. The summed E-state index contributed by atoms with van der Waals surface area (Å²) in [6.07, 6.45) is 0.799. The Bertz CT molecular complexity index is 537. The van der Waals surface area contributed by atoms with E-state index in [1.54, 1.807) is 18.4 Å². The summed E-state index contributed by atoms with van der Waals surface area (Å²) in [7, 11) is 1.69. The molecule has 0 radical (unpaired) electrons. The fourth-order valence-corrected chi connectivity index (χ4v) is 3.62. The summed E-state index contributed by atoms with van der Waals surface area (Å²) in [4.78, 5) is 1.22. The van der Waals surface area contributed by atoms with Gasteiger partial charge in [0.05, 0.1) is 16.9 Å². The molecule has 0 spiro atoms. The van der Waals surface area contributed by atoms with Crippen molar-refractivity contribution < 1.29 is 4.74 Å². The van der Waals surface area contributed by atoms with Crippen LogP contribution in [-0.2, 0) is 6.42 Å². The number of nitrogens with two attached hydrogens (primary N) is 1. The van der Waals surface area contributed by atoms with Crippen LogP contribution in [0.25, 0.3) is 0 Å². The minimum absolute atomic E-state index is 0.0892. The zero-order chi connectivity index (χ0) is 13.8. The van der Waals surface area contributed by atoms with Gasteiger partial charge in [0.1, 0.15) is 5.75 Å². The van der Waals surface area contributed by atoms with Crippen molar-refractivity contribution in [2.75, 3.05) is 7.11 Å². The van der Waals surface area contributed by atoms with Gasteiger partial charge in [-0.05, 0) is 52.5 Å². The van der Waals surface area contributed by atoms with E-state index in [1.165, 1.54) is 10.4 Å². The predicted octanol–water partition coefficient (Wildman–Crippen LogP) is 3.57. The minimum atomic E-state index is 0.0892. The van der Waals surface area contributed by atoms with Crippen LogP contribution in [0, 0.1) is 6.92 Å². The molecule has 19 heavy (non-hydrogen) atoms. The number of benzene rings is 1. The molecule has 0 saturated carbocycles. The van der Waals surface area contributed by atoms with Gasteiger partial charge in [-0.25, -0.2) is 0 Å². The molecule has 3 N–H and O–H groups in total. The van der Waals surface area contributed by atoms with Gasteiger partial charge >= 0.3 is 0 Å². The fraction of sp³-hybridized carbons (Fsp3) is 0.286. The van der Waals surface area contributed by atoms with Gasteiger partial charge in [0.2, 0.25) is 0 Å². The van der Waals surface area contributed by atoms with E-state index in [1.807, 2.05) is 18.2 Å². The highest BCUT2D eigenvalue weighted by Crippen LogP contribution is 2.33. The largest absolute Gasteiger partial charge is 0.496 e. The van der Waals surface area contributed by atoms with E-state index in [4.69, 9.17) is 10.6 Å². The molecule has 1 aromatic heterocycles. The first-order valence-corrected chi connectivity index (χ1v) is 7.60. The number of para-hydroxylation sites is 1. The van der Waals surface area contributed by atoms with Crippen molar-refractivity contribution in [1.29, 1.82) is 0 Å². The SMILES string of the molecule is COc1ccccc1CC(NN)c1cc(C)c(Br)s1. The Hall–Kier alpha value is -0.880. The van der Waals surface area contributed by atoms with E-state index in [-0.39, 0.29) is 6.04 Å². The maximum absolute atomic E-state index is 5.70. The molecule has 2 aromatic rings. The average molecular weight is 341 g/mol. The smallest absolute Gasteiger partial charge is 0.122 e. The van der Waals surface area contributed by atoms with Gasteiger partial charge in [-0.3, -0.25) is 11.3 Å². The van der Waals surface area contributed by atoms with Crippen molar-refractivity contribution in [3.8, 4) is 5.75 Å². The van der Waals surface area contributed by atoms with Gasteiger partial charge in [0.25, 0.3) is 0 Å². The third-order valence-electron chi connectivity index (χ3n) is 3.04. The molecule has 0 amide bonds. The number of thiophene rings is 1. The fourth-order valence-electron chi connectivity index (χ4n) is 1.99. The summed E-state index contributed by atoms with van der Waals surface area (Å²) in [5.41, 5.74) is 5.28. The topological polar surface area (TPSA) is 47.3 Å². The molecule has 1 aromatic carbocycles. The Morgan fingerprint density at radius 3 is 2.74 bits per heavy atom. The lowest BCUT2D eigenvalue weighted by atomic mass is 10.0. The van der Waals surface area contributed by atoms with Gasteiger partial charge in [-0.2, -0.15) is 0 Å². The summed E-state index contributed by atoms with van der Waals surface area (Å²) < 4.78 is 6.54. The molecule has 1 heterocycles. The number of nitrogens with one attached hydrogen (secondary N) is 1. The van der Waals surface area contributed by atoms with Gasteiger partial charge in [0, 0.05) is 4.88 Å². The minimum Gasteiger partial charge on any atom is -0.496 e. The highest BCUT2D eigenvalue weighted by molar-refractivity contribution is 9.11. The molecule has 102 valence electrons.